The number of aromatic nitrogens is 3. The zero-order valence-electron chi connectivity index (χ0n) is 21.2. The van der Waals surface area contributed by atoms with Gasteiger partial charge in [-0.15, -0.1) is 0 Å². The Morgan fingerprint density at radius 1 is 1.19 bits per heavy atom. The van der Waals surface area contributed by atoms with Crippen LogP contribution in [0.15, 0.2) is 36.7 Å². The molecule has 9 nitrogen and oxygen atoms in total. The van der Waals surface area contributed by atoms with Gasteiger partial charge in [-0.1, -0.05) is 30.4 Å². The Morgan fingerprint density at radius 3 is 2.62 bits per heavy atom. The van der Waals surface area contributed by atoms with Crippen molar-refractivity contribution < 1.29 is 18.3 Å². The number of nitrogens with zero attached hydrogens (tertiary/aromatic N) is 5. The number of sulfonamides is 1. The zero-order chi connectivity index (χ0) is 26.0. The summed E-state index contributed by atoms with van der Waals surface area (Å²) in [5, 5.41) is 9.90. The second-order valence-corrected chi connectivity index (χ2v) is 12.9. The van der Waals surface area contributed by atoms with Crippen LogP contribution >= 0.6 is 11.3 Å². The zero-order valence-corrected chi connectivity index (χ0v) is 22.8. The predicted octanol–water partition coefficient (Wildman–Crippen LogP) is 3.49. The summed E-state index contributed by atoms with van der Waals surface area (Å²) in [7, 11) is -3.37. The molecule has 1 fully saturated rings. The molecule has 0 radical (unpaired) electrons. The van der Waals surface area contributed by atoms with Crippen LogP contribution in [0.3, 0.4) is 0 Å². The number of aliphatic hydroxyl groups excluding tert-OH is 1. The van der Waals surface area contributed by atoms with E-state index in [1.807, 2.05) is 31.5 Å². The molecule has 0 aliphatic carbocycles. The third kappa shape index (κ3) is 6.11. The molecule has 1 saturated heterocycles. The molecule has 2 aromatic heterocycles. The van der Waals surface area contributed by atoms with Crippen molar-refractivity contribution in [3.05, 3.63) is 47.8 Å². The van der Waals surface area contributed by atoms with Gasteiger partial charge in [-0.25, -0.2) is 23.4 Å². The Bertz CT molecular complexity index is 1370. The Labute approximate surface area is 221 Å². The minimum absolute atomic E-state index is 0.0268. The van der Waals surface area contributed by atoms with Gasteiger partial charge in [0.2, 0.25) is 16.0 Å². The highest BCUT2D eigenvalue weighted by Gasteiger charge is 2.27. The molecule has 3 aromatic rings. The Morgan fingerprint density at radius 2 is 1.95 bits per heavy atom. The van der Waals surface area contributed by atoms with Gasteiger partial charge >= 0.3 is 0 Å². The molecule has 1 atom stereocenters. The van der Waals surface area contributed by atoms with Crippen molar-refractivity contribution in [2.75, 3.05) is 43.4 Å². The molecule has 198 valence electrons. The van der Waals surface area contributed by atoms with Crippen LogP contribution < -0.4 is 9.64 Å². The lowest BCUT2D eigenvalue weighted by molar-refractivity contribution is 0.170. The Balaban J connectivity index is 1.20. The van der Waals surface area contributed by atoms with Gasteiger partial charge in [0.25, 0.3) is 5.19 Å². The minimum atomic E-state index is -3.37. The normalized spacial score (nSPS) is 18.7. The average Bonchev–Trinajstić information content (AvgIpc) is 3.31. The molecule has 4 heterocycles. The summed E-state index contributed by atoms with van der Waals surface area (Å²) in [6.45, 7) is 6.11. The third-order valence-electron chi connectivity index (χ3n) is 6.87. The summed E-state index contributed by atoms with van der Waals surface area (Å²) in [6, 6.07) is 6.19. The number of ether oxygens (including phenoxy) is 1. The lowest BCUT2D eigenvalue weighted by Crippen LogP contribution is -2.39. The second-order valence-electron chi connectivity index (χ2n) is 9.93. The van der Waals surface area contributed by atoms with Gasteiger partial charge in [-0.05, 0) is 48.1 Å². The van der Waals surface area contributed by atoms with Crippen molar-refractivity contribution in [2.24, 2.45) is 5.92 Å². The van der Waals surface area contributed by atoms with Gasteiger partial charge in [0.15, 0.2) is 0 Å². The van der Waals surface area contributed by atoms with Gasteiger partial charge in [0.05, 0.1) is 16.0 Å². The topological polar surface area (TPSA) is 109 Å². The molecule has 2 aliphatic heterocycles. The third-order valence-corrected chi connectivity index (χ3v) is 9.89. The second kappa shape index (κ2) is 11.0. The summed E-state index contributed by atoms with van der Waals surface area (Å²) >= 11 is 1.55. The number of anilines is 1. The highest BCUT2D eigenvalue weighted by Crippen LogP contribution is 2.33. The number of benzene rings is 1. The van der Waals surface area contributed by atoms with Crippen LogP contribution in [0.2, 0.25) is 0 Å². The molecule has 0 bridgehead atoms. The van der Waals surface area contributed by atoms with Crippen molar-refractivity contribution in [1.29, 1.82) is 0 Å². The van der Waals surface area contributed by atoms with Crippen molar-refractivity contribution in [1.82, 2.24) is 19.3 Å². The number of rotatable bonds is 8. The monoisotopic (exact) mass is 543 g/mol. The van der Waals surface area contributed by atoms with Crippen LogP contribution in [0.25, 0.3) is 15.8 Å². The number of aliphatic hydroxyl groups is 1. The summed E-state index contributed by atoms with van der Waals surface area (Å²) in [5.74, 6) is 0.477. The summed E-state index contributed by atoms with van der Waals surface area (Å²) in [6.07, 6.45) is 8.25. The minimum Gasteiger partial charge on any atom is -0.467 e. The largest absolute Gasteiger partial charge is 0.467 e. The number of hydrogen-bond acceptors (Lipinski definition) is 9. The summed E-state index contributed by atoms with van der Waals surface area (Å²) in [4.78, 5) is 15.8. The summed E-state index contributed by atoms with van der Waals surface area (Å²) in [5.41, 5.74) is 4.20. The van der Waals surface area contributed by atoms with Gasteiger partial charge in [0.1, 0.15) is 6.10 Å². The molecule has 2 aliphatic rings. The predicted molar refractivity (Wildman–Crippen MR) is 146 cm³/mol. The molecule has 0 unspecified atom stereocenters. The van der Waals surface area contributed by atoms with Gasteiger partial charge in [-0.2, -0.15) is 4.31 Å². The number of thiazole rings is 1. The van der Waals surface area contributed by atoms with E-state index in [2.05, 4.69) is 27.0 Å². The lowest BCUT2D eigenvalue weighted by atomic mass is 10.0. The van der Waals surface area contributed by atoms with E-state index in [0.29, 0.717) is 24.7 Å². The van der Waals surface area contributed by atoms with E-state index < -0.39 is 10.0 Å². The molecule has 37 heavy (non-hydrogen) atoms. The van der Waals surface area contributed by atoms with E-state index >= 15 is 0 Å². The van der Waals surface area contributed by atoms with Crippen molar-refractivity contribution >= 4 is 43.1 Å². The smallest absolute Gasteiger partial charge is 0.274 e. The maximum absolute atomic E-state index is 12.6. The van der Waals surface area contributed by atoms with Crippen LogP contribution in [0.1, 0.15) is 37.3 Å². The van der Waals surface area contributed by atoms with Gasteiger partial charge < -0.3 is 14.7 Å². The van der Waals surface area contributed by atoms with Gasteiger partial charge in [-0.3, -0.25) is 0 Å². The van der Waals surface area contributed by atoms with Crippen molar-refractivity contribution in [2.45, 2.75) is 39.2 Å². The van der Waals surface area contributed by atoms with E-state index in [0.717, 1.165) is 58.8 Å². The number of hydrogen-bond donors (Lipinski definition) is 1. The van der Waals surface area contributed by atoms with Gasteiger partial charge in [0, 0.05) is 58.0 Å². The molecule has 0 saturated carbocycles. The first kappa shape index (κ1) is 26.0. The average molecular weight is 544 g/mol. The highest BCUT2D eigenvalue weighted by atomic mass is 32.2. The molecule has 5 rings (SSSR count). The fourth-order valence-electron chi connectivity index (χ4n) is 4.70. The fraction of sp³-hybridized carbons (Fsp3) is 0.500. The number of aryl methyl sites for hydroxylation is 1. The maximum atomic E-state index is 12.6. The van der Waals surface area contributed by atoms with E-state index in [1.54, 1.807) is 18.3 Å². The molecular formula is C26H33N5O4S2. The Kier molecular flexibility index (Phi) is 7.75. The Hall–Kier alpha value is -2.60. The fourth-order valence-corrected chi connectivity index (χ4v) is 7.33. The van der Waals surface area contributed by atoms with E-state index in [4.69, 9.17) is 9.72 Å². The first-order valence-corrected chi connectivity index (χ1v) is 15.1. The standard InChI is InChI=1S/C26H33N5O4S2/c1-18-14-27-25(28-15-18)30-9-7-22(8-10-30)35-26-29-23-4-3-21(13-24(23)36-26)20-5-11-31(12-6-20)37(33,34)17-19(2)16-32/h3-5,13-15,19,22,32H,6-12,16-17H2,1-2H3/t19-/m1/s1. The number of piperidine rings is 1. The highest BCUT2D eigenvalue weighted by molar-refractivity contribution is 7.89. The first-order valence-electron chi connectivity index (χ1n) is 12.7. The van der Waals surface area contributed by atoms with Crippen LogP contribution in [-0.2, 0) is 10.0 Å². The van der Waals surface area contributed by atoms with Crippen LogP contribution in [-0.4, -0.2) is 77.4 Å². The molecule has 0 amide bonds. The van der Waals surface area contributed by atoms with Crippen molar-refractivity contribution in [3.8, 4) is 5.19 Å². The lowest BCUT2D eigenvalue weighted by Gasteiger charge is -2.31. The molecule has 1 aromatic carbocycles. The SMILES string of the molecule is Cc1cnc(N2CCC(Oc3nc4ccc(C5=CCN(S(=O)(=O)C[C@H](C)CO)CC5)cc4s3)CC2)nc1. The van der Waals surface area contributed by atoms with Crippen LogP contribution in [0.4, 0.5) is 5.95 Å². The van der Waals surface area contributed by atoms with E-state index in [-0.39, 0.29) is 24.4 Å². The van der Waals surface area contributed by atoms with E-state index in [1.165, 1.54) is 4.31 Å². The maximum Gasteiger partial charge on any atom is 0.274 e. The first-order chi connectivity index (χ1) is 17.8. The molecular weight excluding hydrogens is 510 g/mol. The van der Waals surface area contributed by atoms with Crippen LogP contribution in [0, 0.1) is 12.8 Å². The molecule has 1 N–H and O–H groups in total. The van der Waals surface area contributed by atoms with Crippen molar-refractivity contribution in [3.63, 3.8) is 0 Å². The van der Waals surface area contributed by atoms with E-state index in [9.17, 15) is 13.5 Å². The van der Waals surface area contributed by atoms with Crippen LogP contribution in [0.5, 0.6) is 5.19 Å². The summed E-state index contributed by atoms with van der Waals surface area (Å²) < 4.78 is 34.0. The molecule has 11 heteroatoms. The quantitative estimate of drug-likeness (QED) is 0.460. The number of fused-ring (bicyclic) bond motifs is 1. The molecule has 0 spiro atoms.